The maximum Gasteiger partial charge on any atom is 0.146 e. The maximum absolute atomic E-state index is 6.20. The van der Waals surface area contributed by atoms with E-state index >= 15 is 0 Å². The van der Waals surface area contributed by atoms with Gasteiger partial charge in [0.25, 0.3) is 0 Å². The van der Waals surface area contributed by atoms with E-state index in [1.807, 2.05) is 20.0 Å². The Labute approximate surface area is 112 Å². The number of benzene rings is 1. The van der Waals surface area contributed by atoms with E-state index in [1.165, 1.54) is 0 Å². The summed E-state index contributed by atoms with van der Waals surface area (Å²) in [5.74, 6) is 0.720. The molecule has 0 spiro atoms. The summed E-state index contributed by atoms with van der Waals surface area (Å²) in [6.45, 7) is 4.81. The summed E-state index contributed by atoms with van der Waals surface area (Å²) in [6, 6.07) is 3.95. The number of pyridine rings is 1. The Bertz CT molecular complexity index is 596. The van der Waals surface area contributed by atoms with E-state index < -0.39 is 0 Å². The number of rotatable bonds is 3. The molecule has 1 N–H and O–H groups in total. The van der Waals surface area contributed by atoms with Crippen molar-refractivity contribution in [1.82, 2.24) is 10.3 Å². The number of ether oxygens (including phenoxy) is 1. The number of fused-ring (bicyclic) bond motifs is 1. The molecule has 18 heavy (non-hydrogen) atoms. The molecule has 1 aromatic carbocycles. The molecule has 2 rings (SSSR count). The van der Waals surface area contributed by atoms with Gasteiger partial charge in [0.15, 0.2) is 0 Å². The third-order valence-corrected chi connectivity index (χ3v) is 3.53. The lowest BCUT2D eigenvalue weighted by Gasteiger charge is -2.13. The molecule has 1 aromatic heterocycles. The maximum atomic E-state index is 6.20. The summed E-state index contributed by atoms with van der Waals surface area (Å²) >= 11 is 6.20. The van der Waals surface area contributed by atoms with E-state index in [4.69, 9.17) is 21.3 Å². The molecular formula is C14H17ClN2O. The average molecular weight is 265 g/mol. The summed E-state index contributed by atoms with van der Waals surface area (Å²) in [4.78, 5) is 4.69. The molecule has 3 nitrogen and oxygen atoms in total. The van der Waals surface area contributed by atoms with Crippen LogP contribution >= 0.6 is 11.6 Å². The fourth-order valence-corrected chi connectivity index (χ4v) is 2.25. The predicted molar refractivity (Wildman–Crippen MR) is 75.5 cm³/mol. The van der Waals surface area contributed by atoms with Crippen molar-refractivity contribution >= 4 is 22.5 Å². The van der Waals surface area contributed by atoms with Gasteiger partial charge in [-0.15, -0.1) is 0 Å². The molecule has 0 fully saturated rings. The minimum atomic E-state index is 0.710. The second-order valence-corrected chi connectivity index (χ2v) is 4.77. The van der Waals surface area contributed by atoms with Crippen LogP contribution in [0.1, 0.15) is 16.8 Å². The molecule has 1 heterocycles. The first-order valence-corrected chi connectivity index (χ1v) is 6.24. The molecule has 0 saturated heterocycles. The number of aromatic nitrogens is 1. The third-order valence-electron chi connectivity index (χ3n) is 3.14. The summed E-state index contributed by atoms with van der Waals surface area (Å²) in [7, 11) is 3.55. The number of hydrogen-bond acceptors (Lipinski definition) is 3. The van der Waals surface area contributed by atoms with Crippen LogP contribution in [0, 0.1) is 13.8 Å². The molecule has 0 aliphatic heterocycles. The standard InChI is InChI=1S/C14H17ClN2O/c1-8-5-10-9(2)11(15)6-13(18-4)14(10)17-12(8)7-16-3/h5-6,16H,7H2,1-4H3. The van der Waals surface area contributed by atoms with Crippen molar-refractivity contribution in [3.05, 3.63) is 34.0 Å². The Kier molecular flexibility index (Phi) is 3.73. The normalized spacial score (nSPS) is 10.9. The monoisotopic (exact) mass is 264 g/mol. The van der Waals surface area contributed by atoms with E-state index in [0.717, 1.165) is 40.0 Å². The number of hydrogen-bond donors (Lipinski definition) is 1. The van der Waals surface area contributed by atoms with Gasteiger partial charge in [-0.2, -0.15) is 0 Å². The molecule has 96 valence electrons. The lowest BCUT2D eigenvalue weighted by atomic mass is 10.0. The highest BCUT2D eigenvalue weighted by molar-refractivity contribution is 6.32. The summed E-state index contributed by atoms with van der Waals surface area (Å²) in [5, 5.41) is 4.89. The highest BCUT2D eigenvalue weighted by Crippen LogP contribution is 2.33. The van der Waals surface area contributed by atoms with Crippen LogP contribution in [0.25, 0.3) is 10.9 Å². The molecule has 0 radical (unpaired) electrons. The van der Waals surface area contributed by atoms with E-state index in [9.17, 15) is 0 Å². The summed E-state index contributed by atoms with van der Waals surface area (Å²) < 4.78 is 5.37. The Morgan fingerprint density at radius 1 is 1.33 bits per heavy atom. The first kappa shape index (κ1) is 13.1. The Hall–Kier alpha value is -1.32. The third kappa shape index (κ3) is 2.16. The molecule has 0 atom stereocenters. The number of nitrogens with zero attached hydrogens (tertiary/aromatic N) is 1. The van der Waals surface area contributed by atoms with Crippen molar-refractivity contribution in [2.24, 2.45) is 0 Å². The van der Waals surface area contributed by atoms with Crippen LogP contribution < -0.4 is 10.1 Å². The van der Waals surface area contributed by atoms with Crippen LogP contribution in [0.15, 0.2) is 12.1 Å². The molecule has 2 aromatic rings. The van der Waals surface area contributed by atoms with Gasteiger partial charge in [-0.25, -0.2) is 4.98 Å². The van der Waals surface area contributed by atoms with E-state index in [2.05, 4.69) is 18.3 Å². The van der Waals surface area contributed by atoms with Crippen LogP contribution in [0.4, 0.5) is 0 Å². The van der Waals surface area contributed by atoms with Gasteiger partial charge in [0.2, 0.25) is 0 Å². The lowest BCUT2D eigenvalue weighted by molar-refractivity contribution is 0.418. The highest BCUT2D eigenvalue weighted by Gasteiger charge is 2.12. The highest BCUT2D eigenvalue weighted by atomic mass is 35.5. The second kappa shape index (κ2) is 5.12. The number of halogens is 1. The number of nitrogens with one attached hydrogen (secondary N) is 1. The first-order valence-electron chi connectivity index (χ1n) is 5.86. The Balaban J connectivity index is 2.78. The molecule has 0 bridgehead atoms. The van der Waals surface area contributed by atoms with Crippen LogP contribution in [0.2, 0.25) is 5.02 Å². The SMILES string of the molecule is CNCc1nc2c(OC)cc(Cl)c(C)c2cc1C. The van der Waals surface area contributed by atoms with Gasteiger partial charge in [0.05, 0.1) is 12.8 Å². The largest absolute Gasteiger partial charge is 0.494 e. The van der Waals surface area contributed by atoms with Crippen molar-refractivity contribution in [2.75, 3.05) is 14.2 Å². The minimum absolute atomic E-state index is 0.710. The number of methoxy groups -OCH3 is 1. The molecule has 0 aliphatic carbocycles. The van der Waals surface area contributed by atoms with E-state index in [0.29, 0.717) is 5.02 Å². The van der Waals surface area contributed by atoms with Crippen molar-refractivity contribution in [2.45, 2.75) is 20.4 Å². The van der Waals surface area contributed by atoms with Gasteiger partial charge in [-0.05, 0) is 38.1 Å². The van der Waals surface area contributed by atoms with Crippen molar-refractivity contribution < 1.29 is 4.74 Å². The molecule has 0 unspecified atom stereocenters. The zero-order valence-corrected chi connectivity index (χ0v) is 11.9. The van der Waals surface area contributed by atoms with Crippen LogP contribution in [-0.2, 0) is 6.54 Å². The lowest BCUT2D eigenvalue weighted by Crippen LogP contribution is -2.09. The number of aryl methyl sites for hydroxylation is 2. The average Bonchev–Trinajstić information content (AvgIpc) is 2.36. The van der Waals surface area contributed by atoms with Crippen molar-refractivity contribution in [3.8, 4) is 5.75 Å². The zero-order valence-electron chi connectivity index (χ0n) is 11.1. The van der Waals surface area contributed by atoms with Crippen LogP contribution in [-0.4, -0.2) is 19.1 Å². The van der Waals surface area contributed by atoms with Crippen molar-refractivity contribution in [3.63, 3.8) is 0 Å². The van der Waals surface area contributed by atoms with E-state index in [-0.39, 0.29) is 0 Å². The van der Waals surface area contributed by atoms with Gasteiger partial charge in [0, 0.05) is 23.0 Å². The molecule has 4 heteroatoms. The summed E-state index contributed by atoms with van der Waals surface area (Å²) in [6.07, 6.45) is 0. The summed E-state index contributed by atoms with van der Waals surface area (Å²) in [5.41, 5.74) is 4.10. The van der Waals surface area contributed by atoms with Crippen LogP contribution in [0.5, 0.6) is 5.75 Å². The van der Waals surface area contributed by atoms with Crippen LogP contribution in [0.3, 0.4) is 0 Å². The van der Waals surface area contributed by atoms with Gasteiger partial charge in [-0.3, -0.25) is 0 Å². The minimum Gasteiger partial charge on any atom is -0.494 e. The van der Waals surface area contributed by atoms with Gasteiger partial charge < -0.3 is 10.1 Å². The molecule has 0 saturated carbocycles. The van der Waals surface area contributed by atoms with Gasteiger partial charge in [0.1, 0.15) is 11.3 Å². The zero-order chi connectivity index (χ0) is 13.3. The van der Waals surface area contributed by atoms with Crippen molar-refractivity contribution in [1.29, 1.82) is 0 Å². The Morgan fingerprint density at radius 3 is 2.67 bits per heavy atom. The fourth-order valence-electron chi connectivity index (χ4n) is 2.05. The molecule has 0 aliphatic rings. The second-order valence-electron chi connectivity index (χ2n) is 4.36. The molecular weight excluding hydrogens is 248 g/mol. The first-order chi connectivity index (χ1) is 8.58. The molecule has 0 amide bonds. The predicted octanol–water partition coefficient (Wildman–Crippen LogP) is 3.23. The Morgan fingerprint density at radius 2 is 2.06 bits per heavy atom. The quantitative estimate of drug-likeness (QED) is 0.924. The topological polar surface area (TPSA) is 34.2 Å². The van der Waals surface area contributed by atoms with E-state index in [1.54, 1.807) is 7.11 Å². The van der Waals surface area contributed by atoms with Gasteiger partial charge in [-0.1, -0.05) is 11.6 Å². The smallest absolute Gasteiger partial charge is 0.146 e. The fraction of sp³-hybridized carbons (Fsp3) is 0.357. The van der Waals surface area contributed by atoms with Gasteiger partial charge >= 0.3 is 0 Å².